The van der Waals surface area contributed by atoms with Gasteiger partial charge in [-0.1, -0.05) is 33.1 Å². The summed E-state index contributed by atoms with van der Waals surface area (Å²) < 4.78 is 0. The van der Waals surface area contributed by atoms with Crippen molar-refractivity contribution < 1.29 is 19.8 Å². The maximum absolute atomic E-state index is 12.3. The molecule has 3 N–H and O–H groups in total. The number of amides is 1. The Bertz CT molecular complexity index is 385. The highest BCUT2D eigenvalue weighted by Crippen LogP contribution is 2.58. The van der Waals surface area contributed by atoms with Crippen molar-refractivity contribution in [1.82, 2.24) is 5.32 Å². The summed E-state index contributed by atoms with van der Waals surface area (Å²) in [5, 5.41) is 21.6. The van der Waals surface area contributed by atoms with E-state index in [1.807, 2.05) is 13.8 Å². The Morgan fingerprint density at radius 2 is 1.74 bits per heavy atom. The summed E-state index contributed by atoms with van der Waals surface area (Å²) in [6, 6.07) is 0. The molecule has 2 aliphatic carbocycles. The van der Waals surface area contributed by atoms with E-state index in [0.717, 1.165) is 32.1 Å². The van der Waals surface area contributed by atoms with Crippen molar-refractivity contribution in [2.24, 2.45) is 17.3 Å². The van der Waals surface area contributed by atoms with Crippen LogP contribution in [-0.4, -0.2) is 34.2 Å². The van der Waals surface area contributed by atoms with Crippen molar-refractivity contribution in [2.75, 3.05) is 6.61 Å². The molecule has 0 aromatic heterocycles. The number of aliphatic hydroxyl groups excluding tert-OH is 1. The Kier molecular flexibility index (Phi) is 3.60. The highest BCUT2D eigenvalue weighted by atomic mass is 16.4. The van der Waals surface area contributed by atoms with Gasteiger partial charge in [0.05, 0.1) is 24.0 Å². The molecular formula is C14H23NO4. The van der Waals surface area contributed by atoms with E-state index < -0.39 is 28.8 Å². The summed E-state index contributed by atoms with van der Waals surface area (Å²) in [6.45, 7) is 3.55. The van der Waals surface area contributed by atoms with Crippen LogP contribution in [0.4, 0.5) is 0 Å². The first kappa shape index (κ1) is 14.3. The van der Waals surface area contributed by atoms with Crippen LogP contribution >= 0.6 is 0 Å². The number of carbonyl (C=O) groups is 2. The average Bonchev–Trinajstić information content (AvgIpc) is 2.94. The summed E-state index contributed by atoms with van der Waals surface area (Å²) in [4.78, 5) is 23.4. The highest BCUT2D eigenvalue weighted by Gasteiger charge is 2.66. The standard InChI is InChI=1S/C14H23NO4/c1-13(2)9(10(13)12(18)19)11(17)15-14(8-16)6-4-3-5-7-14/h9-10,16H,3-8H2,1-2H3,(H,15,17)(H,18,19). The van der Waals surface area contributed by atoms with Gasteiger partial charge in [0, 0.05) is 0 Å². The fourth-order valence-electron chi connectivity index (χ4n) is 3.48. The van der Waals surface area contributed by atoms with Crippen molar-refractivity contribution in [1.29, 1.82) is 0 Å². The predicted molar refractivity (Wildman–Crippen MR) is 69.4 cm³/mol. The topological polar surface area (TPSA) is 86.6 Å². The van der Waals surface area contributed by atoms with Crippen molar-refractivity contribution in [3.05, 3.63) is 0 Å². The number of carboxylic acids is 1. The van der Waals surface area contributed by atoms with Crippen LogP contribution in [0.15, 0.2) is 0 Å². The number of hydrogen-bond acceptors (Lipinski definition) is 3. The van der Waals surface area contributed by atoms with E-state index in [0.29, 0.717) is 0 Å². The molecule has 1 amide bonds. The molecule has 108 valence electrons. The summed E-state index contributed by atoms with van der Waals surface area (Å²) in [5.41, 5.74) is -1.02. The third-order valence-electron chi connectivity index (χ3n) is 4.88. The third-order valence-corrected chi connectivity index (χ3v) is 4.88. The number of carbonyl (C=O) groups excluding carboxylic acids is 1. The van der Waals surface area contributed by atoms with Crippen molar-refractivity contribution in [2.45, 2.75) is 51.5 Å². The van der Waals surface area contributed by atoms with Crippen LogP contribution in [0.2, 0.25) is 0 Å². The van der Waals surface area contributed by atoms with E-state index in [-0.39, 0.29) is 12.5 Å². The van der Waals surface area contributed by atoms with Gasteiger partial charge in [0.15, 0.2) is 0 Å². The second-order valence-electron chi connectivity index (χ2n) is 6.60. The van der Waals surface area contributed by atoms with Gasteiger partial charge in [-0.05, 0) is 18.3 Å². The lowest BCUT2D eigenvalue weighted by Crippen LogP contribution is -2.53. The van der Waals surface area contributed by atoms with Crippen LogP contribution in [0.1, 0.15) is 46.0 Å². The van der Waals surface area contributed by atoms with Crippen molar-refractivity contribution in [3.8, 4) is 0 Å². The first-order valence-corrected chi connectivity index (χ1v) is 7.00. The number of rotatable bonds is 4. The van der Waals surface area contributed by atoms with E-state index >= 15 is 0 Å². The van der Waals surface area contributed by atoms with Crippen LogP contribution in [0, 0.1) is 17.3 Å². The first-order chi connectivity index (χ1) is 8.84. The zero-order chi connectivity index (χ0) is 14.3. The number of carboxylic acid groups (broad SMARTS) is 1. The van der Waals surface area contributed by atoms with Crippen molar-refractivity contribution >= 4 is 11.9 Å². The SMILES string of the molecule is CC1(C)C(C(=O)O)C1C(=O)NC1(CO)CCCCC1. The molecule has 0 spiro atoms. The maximum atomic E-state index is 12.3. The Morgan fingerprint density at radius 3 is 2.16 bits per heavy atom. The smallest absolute Gasteiger partial charge is 0.307 e. The lowest BCUT2D eigenvalue weighted by atomic mass is 9.82. The molecule has 0 aromatic rings. The largest absolute Gasteiger partial charge is 0.481 e. The molecule has 2 aliphatic rings. The molecule has 0 heterocycles. The predicted octanol–water partition coefficient (Wildman–Crippen LogP) is 1.15. The Morgan fingerprint density at radius 1 is 1.16 bits per heavy atom. The van der Waals surface area contributed by atoms with Gasteiger partial charge in [-0.2, -0.15) is 0 Å². The van der Waals surface area contributed by atoms with Crippen LogP contribution in [0.3, 0.4) is 0 Å². The molecule has 2 unspecified atom stereocenters. The van der Waals surface area contributed by atoms with Gasteiger partial charge in [-0.3, -0.25) is 9.59 Å². The van der Waals surface area contributed by atoms with Gasteiger partial charge in [0.2, 0.25) is 5.91 Å². The molecule has 0 bridgehead atoms. The van der Waals surface area contributed by atoms with E-state index in [1.54, 1.807) is 0 Å². The molecule has 2 rings (SSSR count). The average molecular weight is 269 g/mol. The highest BCUT2D eigenvalue weighted by molar-refractivity contribution is 5.92. The minimum atomic E-state index is -0.910. The second kappa shape index (κ2) is 4.78. The molecule has 2 atom stereocenters. The second-order valence-corrected chi connectivity index (χ2v) is 6.60. The lowest BCUT2D eigenvalue weighted by Gasteiger charge is -2.36. The van der Waals surface area contributed by atoms with Gasteiger partial charge in [-0.25, -0.2) is 0 Å². The van der Waals surface area contributed by atoms with E-state index in [9.17, 15) is 14.7 Å². The molecule has 2 saturated carbocycles. The van der Waals surface area contributed by atoms with Crippen LogP contribution in [0.5, 0.6) is 0 Å². The molecular weight excluding hydrogens is 246 g/mol. The third kappa shape index (κ3) is 2.48. The Hall–Kier alpha value is -1.10. The molecule has 19 heavy (non-hydrogen) atoms. The van der Waals surface area contributed by atoms with Crippen LogP contribution < -0.4 is 5.32 Å². The fourth-order valence-corrected chi connectivity index (χ4v) is 3.48. The first-order valence-electron chi connectivity index (χ1n) is 7.00. The molecule has 0 aliphatic heterocycles. The summed E-state index contributed by atoms with van der Waals surface area (Å²) in [5.74, 6) is -2.21. The van der Waals surface area contributed by atoms with Gasteiger partial charge in [0.25, 0.3) is 0 Å². The summed E-state index contributed by atoms with van der Waals surface area (Å²) >= 11 is 0. The van der Waals surface area contributed by atoms with Crippen LogP contribution in [-0.2, 0) is 9.59 Å². The number of hydrogen-bond donors (Lipinski definition) is 3. The molecule has 2 fully saturated rings. The monoisotopic (exact) mass is 269 g/mol. The lowest BCUT2D eigenvalue weighted by molar-refractivity contribution is -0.140. The maximum Gasteiger partial charge on any atom is 0.307 e. The van der Waals surface area contributed by atoms with Gasteiger partial charge in [0.1, 0.15) is 0 Å². The minimum Gasteiger partial charge on any atom is -0.481 e. The van der Waals surface area contributed by atoms with Gasteiger partial charge >= 0.3 is 5.97 Å². The molecule has 0 aromatic carbocycles. The molecule has 0 saturated heterocycles. The Labute approximate surface area is 113 Å². The molecule has 0 radical (unpaired) electrons. The fraction of sp³-hybridized carbons (Fsp3) is 0.857. The molecule has 5 nitrogen and oxygen atoms in total. The zero-order valence-corrected chi connectivity index (χ0v) is 11.6. The molecule has 5 heteroatoms. The minimum absolute atomic E-state index is 0.0658. The Balaban J connectivity index is 2.03. The summed E-state index contributed by atoms with van der Waals surface area (Å²) in [7, 11) is 0. The zero-order valence-electron chi connectivity index (χ0n) is 11.6. The number of aliphatic carboxylic acids is 1. The van der Waals surface area contributed by atoms with Crippen LogP contribution in [0.25, 0.3) is 0 Å². The van der Waals surface area contributed by atoms with Gasteiger partial charge in [-0.15, -0.1) is 0 Å². The number of aliphatic hydroxyl groups is 1. The van der Waals surface area contributed by atoms with Gasteiger partial charge < -0.3 is 15.5 Å². The number of nitrogens with one attached hydrogen (secondary N) is 1. The van der Waals surface area contributed by atoms with E-state index in [1.165, 1.54) is 0 Å². The van der Waals surface area contributed by atoms with Crippen molar-refractivity contribution in [3.63, 3.8) is 0 Å². The quantitative estimate of drug-likeness (QED) is 0.714. The normalized spacial score (nSPS) is 31.5. The summed E-state index contributed by atoms with van der Waals surface area (Å²) in [6.07, 6.45) is 4.68. The van der Waals surface area contributed by atoms with E-state index in [4.69, 9.17) is 5.11 Å². The van der Waals surface area contributed by atoms with E-state index in [2.05, 4.69) is 5.32 Å².